The van der Waals surface area contributed by atoms with Crippen molar-refractivity contribution < 1.29 is 19.1 Å². The molecule has 0 aromatic carbocycles. The topological polar surface area (TPSA) is 78.6 Å². The van der Waals surface area contributed by atoms with Gasteiger partial charge in [-0.3, -0.25) is 9.59 Å². The maximum Gasteiger partial charge on any atom is 0.323 e. The summed E-state index contributed by atoms with van der Waals surface area (Å²) in [5, 5.41) is 0. The van der Waals surface area contributed by atoms with Crippen molar-refractivity contribution in [2.75, 3.05) is 20.8 Å². The van der Waals surface area contributed by atoms with Gasteiger partial charge in [0.05, 0.1) is 7.11 Å². The molecule has 0 heterocycles. The van der Waals surface area contributed by atoms with Gasteiger partial charge < -0.3 is 15.2 Å². The second kappa shape index (κ2) is 5.68. The Labute approximate surface area is 70.8 Å². The van der Waals surface area contributed by atoms with E-state index in [0.717, 1.165) is 0 Å². The molecule has 0 aliphatic heterocycles. The van der Waals surface area contributed by atoms with E-state index in [-0.39, 0.29) is 18.8 Å². The first-order valence-corrected chi connectivity index (χ1v) is 3.45. The van der Waals surface area contributed by atoms with Crippen LogP contribution >= 0.6 is 0 Å². The van der Waals surface area contributed by atoms with Gasteiger partial charge in [-0.15, -0.1) is 0 Å². The highest BCUT2D eigenvalue weighted by Gasteiger charge is 2.17. The second-order valence-corrected chi connectivity index (χ2v) is 2.31. The highest BCUT2D eigenvalue weighted by atomic mass is 16.5. The van der Waals surface area contributed by atoms with Crippen molar-refractivity contribution in [3.05, 3.63) is 0 Å². The highest BCUT2D eigenvalue weighted by molar-refractivity contribution is 5.86. The Bertz CT molecular complexity index is 169. The monoisotopic (exact) mass is 175 g/mol. The van der Waals surface area contributed by atoms with Crippen molar-refractivity contribution in [1.29, 1.82) is 0 Å². The number of hydrogen-bond acceptors (Lipinski definition) is 5. The van der Waals surface area contributed by atoms with E-state index in [1.807, 2.05) is 0 Å². The van der Waals surface area contributed by atoms with Crippen LogP contribution in [0.15, 0.2) is 0 Å². The lowest BCUT2D eigenvalue weighted by Gasteiger charge is -2.06. The number of Topliss-reactive ketones (excluding diaryl/α,β-unsaturated/α-hetero) is 1. The molecular weight excluding hydrogens is 162 g/mol. The molecule has 5 nitrogen and oxygen atoms in total. The fourth-order valence-corrected chi connectivity index (χ4v) is 0.700. The van der Waals surface area contributed by atoms with Crippen LogP contribution < -0.4 is 5.73 Å². The lowest BCUT2D eigenvalue weighted by Crippen LogP contribution is -2.34. The summed E-state index contributed by atoms with van der Waals surface area (Å²) >= 11 is 0. The molecule has 0 rings (SSSR count). The van der Waals surface area contributed by atoms with Crippen LogP contribution in [0.1, 0.15) is 6.42 Å². The molecule has 0 aromatic rings. The molecule has 0 aliphatic carbocycles. The first-order chi connectivity index (χ1) is 5.61. The molecule has 5 heteroatoms. The van der Waals surface area contributed by atoms with Gasteiger partial charge in [-0.1, -0.05) is 0 Å². The Morgan fingerprint density at radius 1 is 1.42 bits per heavy atom. The van der Waals surface area contributed by atoms with Crippen molar-refractivity contribution in [3.63, 3.8) is 0 Å². The third-order valence-electron chi connectivity index (χ3n) is 1.26. The predicted octanol–water partition coefficient (Wildman–Crippen LogP) is -0.908. The number of esters is 1. The standard InChI is InChI=1S/C7H13NO4/c1-11-4-5(9)3-6(8)7(10)12-2/h6H,3-4,8H2,1-2H3. The summed E-state index contributed by atoms with van der Waals surface area (Å²) in [6.07, 6.45) is -0.0412. The minimum Gasteiger partial charge on any atom is -0.468 e. The van der Waals surface area contributed by atoms with E-state index in [4.69, 9.17) is 5.73 Å². The number of carbonyl (C=O) groups excluding carboxylic acids is 2. The van der Waals surface area contributed by atoms with E-state index < -0.39 is 12.0 Å². The lowest BCUT2D eigenvalue weighted by molar-refractivity contribution is -0.143. The van der Waals surface area contributed by atoms with E-state index in [2.05, 4.69) is 9.47 Å². The van der Waals surface area contributed by atoms with Gasteiger partial charge in [0.1, 0.15) is 12.6 Å². The minimum absolute atomic E-state index is 0.0231. The van der Waals surface area contributed by atoms with E-state index in [0.29, 0.717) is 0 Å². The number of methoxy groups -OCH3 is 2. The quantitative estimate of drug-likeness (QED) is 0.547. The van der Waals surface area contributed by atoms with Crippen LogP contribution in [-0.2, 0) is 19.1 Å². The van der Waals surface area contributed by atoms with Gasteiger partial charge in [0, 0.05) is 13.5 Å². The average molecular weight is 175 g/mol. The smallest absolute Gasteiger partial charge is 0.323 e. The minimum atomic E-state index is -0.877. The van der Waals surface area contributed by atoms with E-state index >= 15 is 0 Å². The van der Waals surface area contributed by atoms with Crippen molar-refractivity contribution >= 4 is 11.8 Å². The fourth-order valence-electron chi connectivity index (χ4n) is 0.700. The van der Waals surface area contributed by atoms with Gasteiger partial charge in [-0.2, -0.15) is 0 Å². The average Bonchev–Trinajstić information content (AvgIpc) is 2.03. The summed E-state index contributed by atoms with van der Waals surface area (Å²) in [6, 6.07) is -0.877. The molecule has 1 atom stereocenters. The van der Waals surface area contributed by atoms with E-state index in [9.17, 15) is 9.59 Å². The Kier molecular flexibility index (Phi) is 5.23. The predicted molar refractivity (Wildman–Crippen MR) is 41.5 cm³/mol. The Morgan fingerprint density at radius 3 is 2.42 bits per heavy atom. The highest BCUT2D eigenvalue weighted by Crippen LogP contribution is 1.92. The number of ether oxygens (including phenoxy) is 2. The van der Waals surface area contributed by atoms with Crippen molar-refractivity contribution in [2.24, 2.45) is 5.73 Å². The Hall–Kier alpha value is -0.940. The van der Waals surface area contributed by atoms with Gasteiger partial charge >= 0.3 is 5.97 Å². The van der Waals surface area contributed by atoms with Crippen molar-refractivity contribution in [3.8, 4) is 0 Å². The van der Waals surface area contributed by atoms with E-state index in [1.165, 1.54) is 14.2 Å². The Balaban J connectivity index is 3.75. The van der Waals surface area contributed by atoms with Crippen molar-refractivity contribution in [2.45, 2.75) is 12.5 Å². The van der Waals surface area contributed by atoms with Crippen LogP contribution in [0.4, 0.5) is 0 Å². The molecule has 0 bridgehead atoms. The van der Waals surface area contributed by atoms with E-state index in [1.54, 1.807) is 0 Å². The van der Waals surface area contributed by atoms with Gasteiger partial charge in [0.15, 0.2) is 5.78 Å². The van der Waals surface area contributed by atoms with Gasteiger partial charge in [-0.05, 0) is 0 Å². The molecular formula is C7H13NO4. The van der Waals surface area contributed by atoms with Crippen LogP contribution in [0.25, 0.3) is 0 Å². The molecule has 0 aliphatic rings. The largest absolute Gasteiger partial charge is 0.468 e. The van der Waals surface area contributed by atoms with Gasteiger partial charge in [-0.25, -0.2) is 0 Å². The van der Waals surface area contributed by atoms with Gasteiger partial charge in [0.2, 0.25) is 0 Å². The molecule has 12 heavy (non-hydrogen) atoms. The number of carbonyl (C=O) groups is 2. The summed E-state index contributed by atoms with van der Waals surface area (Å²) in [5.74, 6) is -0.796. The number of hydrogen-bond donors (Lipinski definition) is 1. The fraction of sp³-hybridized carbons (Fsp3) is 0.714. The third-order valence-corrected chi connectivity index (χ3v) is 1.26. The molecule has 0 aromatic heterocycles. The molecule has 1 unspecified atom stereocenters. The lowest BCUT2D eigenvalue weighted by atomic mass is 10.1. The first kappa shape index (κ1) is 11.1. The number of ketones is 1. The third kappa shape index (κ3) is 4.05. The summed E-state index contributed by atoms with van der Waals surface area (Å²) < 4.78 is 8.89. The molecule has 0 fully saturated rings. The molecule has 0 amide bonds. The van der Waals surface area contributed by atoms with Crippen LogP contribution in [0, 0.1) is 0 Å². The van der Waals surface area contributed by atoms with Crippen LogP contribution in [0.5, 0.6) is 0 Å². The Morgan fingerprint density at radius 2 is 2.00 bits per heavy atom. The summed E-state index contributed by atoms with van der Waals surface area (Å²) in [4.78, 5) is 21.6. The molecule has 0 saturated carbocycles. The molecule has 2 N–H and O–H groups in total. The number of rotatable bonds is 5. The SMILES string of the molecule is COCC(=O)CC(N)C(=O)OC. The van der Waals surface area contributed by atoms with Gasteiger partial charge in [0.25, 0.3) is 0 Å². The molecule has 70 valence electrons. The normalized spacial score (nSPS) is 12.2. The maximum absolute atomic E-state index is 10.9. The maximum atomic E-state index is 10.9. The zero-order chi connectivity index (χ0) is 9.56. The van der Waals surface area contributed by atoms with Crippen LogP contribution in [0.2, 0.25) is 0 Å². The van der Waals surface area contributed by atoms with Crippen molar-refractivity contribution in [1.82, 2.24) is 0 Å². The molecule has 0 spiro atoms. The molecule has 0 radical (unpaired) electrons. The summed E-state index contributed by atoms with van der Waals surface area (Å²) in [5.41, 5.74) is 5.31. The summed E-state index contributed by atoms with van der Waals surface area (Å²) in [6.45, 7) is -0.0231. The second-order valence-electron chi connectivity index (χ2n) is 2.31. The number of nitrogens with two attached hydrogens (primary N) is 1. The zero-order valence-electron chi connectivity index (χ0n) is 7.20. The first-order valence-electron chi connectivity index (χ1n) is 3.45. The zero-order valence-corrected chi connectivity index (χ0v) is 7.20. The summed E-state index contributed by atoms with van der Waals surface area (Å²) in [7, 11) is 2.63. The van der Waals surface area contributed by atoms with Crippen LogP contribution in [0.3, 0.4) is 0 Å². The molecule has 0 saturated heterocycles. The van der Waals surface area contributed by atoms with Crippen LogP contribution in [-0.4, -0.2) is 38.6 Å².